The van der Waals surface area contributed by atoms with E-state index < -0.39 is 0 Å². The van der Waals surface area contributed by atoms with Gasteiger partial charge in [-0.05, 0) is 37.3 Å². The lowest BCUT2D eigenvalue weighted by Gasteiger charge is -2.12. The Bertz CT molecular complexity index is 1090. The first-order chi connectivity index (χ1) is 11.8. The number of hydrogen-bond donors (Lipinski definition) is 2. The van der Waals surface area contributed by atoms with Gasteiger partial charge in [0.1, 0.15) is 11.8 Å². The van der Waals surface area contributed by atoms with Crippen LogP contribution in [0.4, 0.5) is 11.4 Å². The van der Waals surface area contributed by atoms with Gasteiger partial charge >= 0.3 is 0 Å². The van der Waals surface area contributed by atoms with Crippen molar-refractivity contribution in [2.45, 2.75) is 6.92 Å². The maximum Gasteiger partial charge on any atom is 0.231 e. The summed E-state index contributed by atoms with van der Waals surface area (Å²) in [6.45, 7) is 2.30. The number of H-pyrrole nitrogens is 1. The standard InChI is InChI=1S/C18H14N4O2/c1-10-6-14(22-11-2-5-15-16(7-11)24-9-23-15)17-12(21-10)3-4-13-18(17)20-8-19-13/h2-8,21-22H,9H2,1H3. The summed E-state index contributed by atoms with van der Waals surface area (Å²) in [6.07, 6.45) is 1.59. The molecule has 2 aromatic heterocycles. The summed E-state index contributed by atoms with van der Waals surface area (Å²) in [5.41, 5.74) is 5.75. The fraction of sp³-hybridized carbons (Fsp3) is 0.111. The fourth-order valence-electron chi connectivity index (χ4n) is 3.11. The van der Waals surface area contributed by atoms with Crippen molar-refractivity contribution in [1.29, 1.82) is 0 Å². The topological polar surface area (TPSA) is 72.1 Å². The lowest BCUT2D eigenvalue weighted by molar-refractivity contribution is 0.174. The summed E-state index contributed by atoms with van der Waals surface area (Å²) in [7, 11) is 0. The zero-order valence-electron chi connectivity index (χ0n) is 13.0. The Balaban J connectivity index is 1.69. The molecule has 24 heavy (non-hydrogen) atoms. The smallest absolute Gasteiger partial charge is 0.231 e. The summed E-state index contributed by atoms with van der Waals surface area (Å²) in [4.78, 5) is 12.1. The highest BCUT2D eigenvalue weighted by atomic mass is 16.7. The maximum absolute atomic E-state index is 5.46. The van der Waals surface area contributed by atoms with Crippen LogP contribution in [0.2, 0.25) is 0 Å². The number of imidazole rings is 1. The first-order valence-electron chi connectivity index (χ1n) is 7.68. The third kappa shape index (κ3) is 1.96. The average molecular weight is 318 g/mol. The number of hydrogen-bond acceptors (Lipinski definition) is 5. The molecule has 0 unspecified atom stereocenters. The van der Waals surface area contributed by atoms with Gasteiger partial charge in [-0.25, -0.2) is 9.97 Å². The predicted octanol–water partition coefficient (Wildman–Crippen LogP) is 3.89. The zero-order valence-corrected chi connectivity index (χ0v) is 13.0. The van der Waals surface area contributed by atoms with E-state index in [1.165, 1.54) is 0 Å². The van der Waals surface area contributed by atoms with Gasteiger partial charge in [0.2, 0.25) is 6.79 Å². The monoisotopic (exact) mass is 318 g/mol. The van der Waals surface area contributed by atoms with Gasteiger partial charge < -0.3 is 19.8 Å². The fourth-order valence-corrected chi connectivity index (χ4v) is 3.11. The highest BCUT2D eigenvalue weighted by Gasteiger charge is 2.15. The van der Waals surface area contributed by atoms with Crippen molar-refractivity contribution < 1.29 is 9.47 Å². The van der Waals surface area contributed by atoms with Gasteiger partial charge in [0.05, 0.1) is 11.2 Å². The van der Waals surface area contributed by atoms with E-state index >= 15 is 0 Å². The molecule has 0 aliphatic carbocycles. The van der Waals surface area contributed by atoms with Crippen LogP contribution in [-0.4, -0.2) is 21.7 Å². The van der Waals surface area contributed by atoms with Crippen LogP contribution in [0.1, 0.15) is 5.69 Å². The van der Waals surface area contributed by atoms with Crippen LogP contribution in [0.25, 0.3) is 21.9 Å². The van der Waals surface area contributed by atoms with E-state index in [0.29, 0.717) is 0 Å². The van der Waals surface area contributed by atoms with E-state index in [2.05, 4.69) is 26.3 Å². The molecule has 0 saturated heterocycles. The van der Waals surface area contributed by atoms with Crippen molar-refractivity contribution in [2.75, 3.05) is 12.1 Å². The van der Waals surface area contributed by atoms with E-state index in [0.717, 1.165) is 50.5 Å². The summed E-state index contributed by atoms with van der Waals surface area (Å²) >= 11 is 0. The number of aryl methyl sites for hydroxylation is 1. The molecule has 0 fully saturated rings. The molecular weight excluding hydrogens is 304 g/mol. The number of aromatic nitrogens is 3. The van der Waals surface area contributed by atoms with E-state index in [9.17, 15) is 0 Å². The molecule has 5 rings (SSSR count). The Morgan fingerprint density at radius 3 is 2.92 bits per heavy atom. The van der Waals surface area contributed by atoms with Gasteiger partial charge in [-0.2, -0.15) is 0 Å². The zero-order chi connectivity index (χ0) is 16.1. The Kier molecular flexibility index (Phi) is 2.67. The van der Waals surface area contributed by atoms with Gasteiger partial charge in [-0.15, -0.1) is 0 Å². The SMILES string of the molecule is Cc1cc(Nc2ccc3c(c2)OCO3)c2c(ccc3ncnc32)[nH]1. The molecule has 0 amide bonds. The van der Waals surface area contributed by atoms with Crippen LogP contribution in [0.5, 0.6) is 11.5 Å². The molecule has 2 N–H and O–H groups in total. The minimum absolute atomic E-state index is 0.269. The number of benzene rings is 2. The van der Waals surface area contributed by atoms with Crippen LogP contribution in [0.15, 0.2) is 42.7 Å². The second kappa shape index (κ2) is 4.86. The molecule has 1 aliphatic rings. The number of nitrogens with zero attached hydrogens (tertiary/aromatic N) is 2. The van der Waals surface area contributed by atoms with Gasteiger partial charge in [0, 0.05) is 28.4 Å². The minimum Gasteiger partial charge on any atom is -0.454 e. The third-order valence-corrected chi connectivity index (χ3v) is 4.15. The Hall–Kier alpha value is -3.28. The Morgan fingerprint density at radius 1 is 1.04 bits per heavy atom. The molecule has 4 aromatic rings. The summed E-state index contributed by atoms with van der Waals surface area (Å²) in [5, 5.41) is 4.50. The quantitative estimate of drug-likeness (QED) is 0.586. The van der Waals surface area contributed by atoms with Crippen molar-refractivity contribution in [3.63, 3.8) is 0 Å². The normalized spacial score (nSPS) is 12.9. The molecule has 1 aliphatic heterocycles. The second-order valence-electron chi connectivity index (χ2n) is 5.79. The molecule has 0 spiro atoms. The van der Waals surface area contributed by atoms with Gasteiger partial charge in [0.15, 0.2) is 11.5 Å². The van der Waals surface area contributed by atoms with Crippen molar-refractivity contribution in [1.82, 2.24) is 15.0 Å². The second-order valence-corrected chi connectivity index (χ2v) is 5.79. The predicted molar refractivity (Wildman–Crippen MR) is 92.0 cm³/mol. The van der Waals surface area contributed by atoms with Crippen molar-refractivity contribution in [3.05, 3.63) is 48.4 Å². The van der Waals surface area contributed by atoms with Crippen molar-refractivity contribution >= 4 is 33.3 Å². The minimum atomic E-state index is 0.269. The number of pyridine rings is 1. The van der Waals surface area contributed by atoms with Crippen LogP contribution in [0.3, 0.4) is 0 Å². The average Bonchev–Trinajstić information content (AvgIpc) is 3.22. The number of rotatable bonds is 2. The van der Waals surface area contributed by atoms with Gasteiger partial charge in [-0.1, -0.05) is 0 Å². The highest BCUT2D eigenvalue weighted by molar-refractivity contribution is 6.10. The maximum atomic E-state index is 5.46. The first kappa shape index (κ1) is 13.2. The molecule has 0 radical (unpaired) electrons. The van der Waals surface area contributed by atoms with Crippen LogP contribution in [-0.2, 0) is 0 Å². The van der Waals surface area contributed by atoms with Crippen LogP contribution in [0, 0.1) is 6.92 Å². The molecular formula is C18H14N4O2. The summed E-state index contributed by atoms with van der Waals surface area (Å²) < 4.78 is 10.8. The highest BCUT2D eigenvalue weighted by Crippen LogP contribution is 2.37. The molecule has 0 atom stereocenters. The number of aromatic amines is 1. The lowest BCUT2D eigenvalue weighted by atomic mass is 10.1. The molecule has 0 bridgehead atoms. The summed E-state index contributed by atoms with van der Waals surface area (Å²) in [6, 6.07) is 11.9. The molecule has 2 aromatic carbocycles. The molecule has 6 heteroatoms. The molecule has 118 valence electrons. The molecule has 6 nitrogen and oxygen atoms in total. The number of anilines is 2. The van der Waals surface area contributed by atoms with Crippen molar-refractivity contribution in [3.8, 4) is 11.5 Å². The van der Waals surface area contributed by atoms with Gasteiger partial charge in [-0.3, -0.25) is 0 Å². The molecule has 3 heterocycles. The van der Waals surface area contributed by atoms with E-state index in [1.54, 1.807) is 6.33 Å². The van der Waals surface area contributed by atoms with E-state index in [-0.39, 0.29) is 6.79 Å². The van der Waals surface area contributed by atoms with E-state index in [4.69, 9.17) is 9.47 Å². The lowest BCUT2D eigenvalue weighted by Crippen LogP contribution is -1.95. The first-order valence-corrected chi connectivity index (χ1v) is 7.68. The van der Waals surface area contributed by atoms with Crippen LogP contribution >= 0.6 is 0 Å². The van der Waals surface area contributed by atoms with Crippen LogP contribution < -0.4 is 14.8 Å². The number of fused-ring (bicyclic) bond motifs is 4. The van der Waals surface area contributed by atoms with Gasteiger partial charge in [0.25, 0.3) is 0 Å². The van der Waals surface area contributed by atoms with Crippen molar-refractivity contribution in [2.24, 2.45) is 0 Å². The number of nitrogens with one attached hydrogen (secondary N) is 2. The molecule has 0 saturated carbocycles. The largest absolute Gasteiger partial charge is 0.454 e. The third-order valence-electron chi connectivity index (χ3n) is 4.15. The number of ether oxygens (including phenoxy) is 2. The Morgan fingerprint density at radius 2 is 1.96 bits per heavy atom. The van der Waals surface area contributed by atoms with E-state index in [1.807, 2.05) is 37.3 Å². The Labute approximate surface area is 137 Å². The summed E-state index contributed by atoms with van der Waals surface area (Å²) in [5.74, 6) is 1.52.